The lowest BCUT2D eigenvalue weighted by molar-refractivity contribution is 1.18. The summed E-state index contributed by atoms with van der Waals surface area (Å²) in [5.74, 6) is 0.680. The minimum absolute atomic E-state index is 0.680. The fourth-order valence-corrected chi connectivity index (χ4v) is 7.54. The van der Waals surface area contributed by atoms with Crippen LogP contribution >= 0.6 is 0 Å². The van der Waals surface area contributed by atoms with Crippen LogP contribution in [0, 0.1) is 0 Å². The van der Waals surface area contributed by atoms with E-state index >= 15 is 0 Å². The first kappa shape index (κ1) is 29.9. The lowest BCUT2D eigenvalue weighted by Gasteiger charge is -2.14. The van der Waals surface area contributed by atoms with E-state index in [0.717, 1.165) is 44.8 Å². The minimum Gasteiger partial charge on any atom is -0.264 e. The summed E-state index contributed by atoms with van der Waals surface area (Å²) in [4.78, 5) is 14.7. The second-order valence-electron chi connectivity index (χ2n) is 13.3. The molecule has 0 unspecified atom stereocenters. The zero-order valence-corrected chi connectivity index (χ0v) is 28.2. The molecule has 0 aliphatic heterocycles. The molecule has 10 rings (SSSR count). The Morgan fingerprint density at radius 3 is 1.67 bits per heavy atom. The van der Waals surface area contributed by atoms with E-state index in [-0.39, 0.29) is 0 Å². The molecule has 0 aliphatic rings. The second-order valence-corrected chi connectivity index (χ2v) is 13.3. The van der Waals surface area contributed by atoms with Gasteiger partial charge in [0.15, 0.2) is 5.82 Å². The van der Waals surface area contributed by atoms with Crippen LogP contribution in [0.5, 0.6) is 0 Å². The smallest absolute Gasteiger partial charge is 0.160 e. The maximum Gasteiger partial charge on any atom is 0.160 e. The van der Waals surface area contributed by atoms with Crippen LogP contribution in [0.25, 0.3) is 99.6 Å². The molecule has 3 nitrogen and oxygen atoms in total. The highest BCUT2D eigenvalue weighted by molar-refractivity contribution is 6.25. The van der Waals surface area contributed by atoms with E-state index in [1.54, 1.807) is 6.20 Å². The number of rotatable bonds is 6. The van der Waals surface area contributed by atoms with Crippen molar-refractivity contribution in [3.05, 3.63) is 188 Å². The molecule has 10 aromatic rings. The van der Waals surface area contributed by atoms with Gasteiger partial charge in [-0.05, 0) is 84.4 Å². The van der Waals surface area contributed by atoms with Gasteiger partial charge in [-0.3, -0.25) is 4.98 Å². The number of hydrogen-bond donors (Lipinski definition) is 0. The van der Waals surface area contributed by atoms with Gasteiger partial charge < -0.3 is 0 Å². The van der Waals surface area contributed by atoms with Crippen LogP contribution in [0.3, 0.4) is 0 Å². The van der Waals surface area contributed by atoms with E-state index in [0.29, 0.717) is 5.82 Å². The average Bonchev–Trinajstić information content (AvgIpc) is 3.23. The molecule has 8 aromatic carbocycles. The first-order chi connectivity index (χ1) is 25.7. The van der Waals surface area contributed by atoms with Gasteiger partial charge in [0.1, 0.15) is 0 Å². The highest BCUT2D eigenvalue weighted by Crippen LogP contribution is 2.40. The molecule has 3 heteroatoms. The molecule has 0 amide bonds. The molecule has 0 fully saturated rings. The molecule has 0 N–H and O–H groups in total. The molecule has 0 spiro atoms. The van der Waals surface area contributed by atoms with Crippen molar-refractivity contribution in [2.24, 2.45) is 0 Å². The molecule has 0 saturated carbocycles. The van der Waals surface area contributed by atoms with Crippen molar-refractivity contribution in [1.29, 1.82) is 0 Å². The molecule has 0 atom stereocenters. The number of aromatic nitrogens is 3. The van der Waals surface area contributed by atoms with Crippen molar-refractivity contribution in [3.63, 3.8) is 0 Å². The number of hydrogen-bond acceptors (Lipinski definition) is 3. The highest BCUT2D eigenvalue weighted by Gasteiger charge is 2.15. The summed E-state index contributed by atoms with van der Waals surface area (Å²) in [6, 6.07) is 62.5. The van der Waals surface area contributed by atoms with Gasteiger partial charge in [-0.1, -0.05) is 152 Å². The molecule has 2 heterocycles. The summed E-state index contributed by atoms with van der Waals surface area (Å²) >= 11 is 0. The molecule has 242 valence electrons. The predicted molar refractivity (Wildman–Crippen MR) is 216 cm³/mol. The van der Waals surface area contributed by atoms with E-state index in [2.05, 4.69) is 169 Å². The van der Waals surface area contributed by atoms with Gasteiger partial charge in [0, 0.05) is 34.6 Å². The van der Waals surface area contributed by atoms with Crippen molar-refractivity contribution in [2.45, 2.75) is 0 Å². The zero-order valence-electron chi connectivity index (χ0n) is 28.2. The molecule has 0 radical (unpaired) electrons. The Hall–Kier alpha value is -6.97. The summed E-state index contributed by atoms with van der Waals surface area (Å²) < 4.78 is 0. The number of nitrogens with zero attached hydrogens (tertiary/aromatic N) is 3. The van der Waals surface area contributed by atoms with Crippen LogP contribution in [0.4, 0.5) is 0 Å². The van der Waals surface area contributed by atoms with E-state index < -0.39 is 0 Å². The Balaban J connectivity index is 1.09. The van der Waals surface area contributed by atoms with E-state index in [1.165, 1.54) is 49.0 Å². The van der Waals surface area contributed by atoms with Crippen molar-refractivity contribution in [2.75, 3.05) is 0 Å². The summed E-state index contributed by atoms with van der Waals surface area (Å²) in [5, 5.41) is 7.75. The molecule has 0 bridgehead atoms. The molecule has 52 heavy (non-hydrogen) atoms. The molecule has 0 aliphatic carbocycles. The summed E-state index contributed by atoms with van der Waals surface area (Å²) in [7, 11) is 0. The highest BCUT2D eigenvalue weighted by atomic mass is 14.9. The van der Waals surface area contributed by atoms with Crippen molar-refractivity contribution < 1.29 is 0 Å². The SMILES string of the molecule is c1ccc(-c2cccc(-c3cc(-c4ccc(-c5ccc6ccc7cccc8ccc5c6c78)cc4)nc(-c4cccc(-c5cccnc5)c4)n3)c2)cc1. The summed E-state index contributed by atoms with van der Waals surface area (Å²) in [6.45, 7) is 0. The first-order valence-electron chi connectivity index (χ1n) is 17.6. The number of pyridine rings is 1. The molecular weight excluding hydrogens is 631 g/mol. The van der Waals surface area contributed by atoms with Crippen molar-refractivity contribution in [1.82, 2.24) is 15.0 Å². The standard InChI is InChI=1S/C49H31N3/c1-2-8-32(9-3-1)38-12-5-14-40(28-38)46-30-45(51-49(52-46)41-15-6-13-39(29-41)42-16-7-27-50-31-42)34-19-17-33(18-20-34)43-25-23-37-22-21-35-10-4-11-36-24-26-44(43)48(37)47(35)36/h1-31H. The van der Waals surface area contributed by atoms with Crippen LogP contribution in [-0.2, 0) is 0 Å². The third-order valence-corrected chi connectivity index (χ3v) is 10.1. The third-order valence-electron chi connectivity index (χ3n) is 10.1. The van der Waals surface area contributed by atoms with Crippen LogP contribution in [-0.4, -0.2) is 15.0 Å². The molecule has 2 aromatic heterocycles. The van der Waals surface area contributed by atoms with Gasteiger partial charge >= 0.3 is 0 Å². The Morgan fingerprint density at radius 1 is 0.327 bits per heavy atom. The van der Waals surface area contributed by atoms with E-state index in [9.17, 15) is 0 Å². The summed E-state index contributed by atoms with van der Waals surface area (Å²) in [6.07, 6.45) is 3.69. The largest absolute Gasteiger partial charge is 0.264 e. The first-order valence-corrected chi connectivity index (χ1v) is 17.6. The van der Waals surface area contributed by atoms with Crippen molar-refractivity contribution in [3.8, 4) is 67.3 Å². The molecule has 0 saturated heterocycles. The van der Waals surface area contributed by atoms with Gasteiger partial charge in [0.2, 0.25) is 0 Å². The van der Waals surface area contributed by atoms with Crippen LogP contribution in [0.2, 0.25) is 0 Å². The fraction of sp³-hybridized carbons (Fsp3) is 0. The van der Waals surface area contributed by atoms with Gasteiger partial charge in [-0.15, -0.1) is 0 Å². The van der Waals surface area contributed by atoms with Crippen LogP contribution in [0.15, 0.2) is 188 Å². The van der Waals surface area contributed by atoms with Gasteiger partial charge in [-0.25, -0.2) is 9.97 Å². The lowest BCUT2D eigenvalue weighted by Crippen LogP contribution is -1.96. The Bertz CT molecular complexity index is 2760. The van der Waals surface area contributed by atoms with Crippen LogP contribution in [0.1, 0.15) is 0 Å². The van der Waals surface area contributed by atoms with E-state index in [1.807, 2.05) is 18.3 Å². The normalized spacial score (nSPS) is 11.5. The van der Waals surface area contributed by atoms with Crippen molar-refractivity contribution >= 4 is 32.3 Å². The summed E-state index contributed by atoms with van der Waals surface area (Å²) in [5.41, 5.74) is 11.6. The number of benzene rings is 8. The maximum absolute atomic E-state index is 5.20. The Kier molecular flexibility index (Phi) is 7.14. The monoisotopic (exact) mass is 661 g/mol. The minimum atomic E-state index is 0.680. The van der Waals surface area contributed by atoms with Gasteiger partial charge in [0.05, 0.1) is 11.4 Å². The Morgan fingerprint density at radius 2 is 0.904 bits per heavy atom. The second kappa shape index (κ2) is 12.4. The Labute approximate surface area is 301 Å². The zero-order chi connectivity index (χ0) is 34.4. The topological polar surface area (TPSA) is 38.7 Å². The quantitative estimate of drug-likeness (QED) is 0.166. The van der Waals surface area contributed by atoms with Gasteiger partial charge in [0.25, 0.3) is 0 Å². The van der Waals surface area contributed by atoms with Crippen LogP contribution < -0.4 is 0 Å². The third kappa shape index (κ3) is 5.28. The maximum atomic E-state index is 5.20. The van der Waals surface area contributed by atoms with Gasteiger partial charge in [-0.2, -0.15) is 0 Å². The average molecular weight is 662 g/mol. The predicted octanol–water partition coefficient (Wildman–Crippen LogP) is 12.8. The fourth-order valence-electron chi connectivity index (χ4n) is 7.54. The van der Waals surface area contributed by atoms with E-state index in [4.69, 9.17) is 9.97 Å². The lowest BCUT2D eigenvalue weighted by atomic mass is 9.89. The molecular formula is C49H31N3.